The largest absolute Gasteiger partial charge is 0.298 e. The van der Waals surface area contributed by atoms with Crippen LogP contribution in [-0.2, 0) is 0 Å². The van der Waals surface area contributed by atoms with E-state index >= 15 is 0 Å². The Morgan fingerprint density at radius 1 is 1.25 bits per heavy atom. The number of piperazine rings is 1. The SMILES string of the molecule is CCCC(C)(C)N1CC2CCCN2CC1C. The monoisotopic (exact) mass is 224 g/mol. The van der Waals surface area contributed by atoms with Crippen molar-refractivity contribution in [3.8, 4) is 0 Å². The van der Waals surface area contributed by atoms with Gasteiger partial charge in [-0.25, -0.2) is 0 Å². The van der Waals surface area contributed by atoms with Crippen LogP contribution in [0.3, 0.4) is 0 Å². The van der Waals surface area contributed by atoms with Crippen LogP contribution < -0.4 is 0 Å². The van der Waals surface area contributed by atoms with Crippen molar-refractivity contribution in [2.45, 2.75) is 71.0 Å². The van der Waals surface area contributed by atoms with Crippen LogP contribution in [0.25, 0.3) is 0 Å². The Bertz CT molecular complexity index is 237. The first-order chi connectivity index (χ1) is 7.54. The lowest BCUT2D eigenvalue weighted by molar-refractivity contribution is -0.0121. The van der Waals surface area contributed by atoms with E-state index in [1.54, 1.807) is 0 Å². The second-order valence-corrected chi connectivity index (χ2v) is 6.35. The lowest BCUT2D eigenvalue weighted by Crippen LogP contribution is -2.61. The molecule has 2 atom stereocenters. The Hall–Kier alpha value is -0.0800. The number of hydrogen-bond donors (Lipinski definition) is 0. The highest BCUT2D eigenvalue weighted by molar-refractivity contribution is 4.96. The molecule has 2 rings (SSSR count). The van der Waals surface area contributed by atoms with E-state index in [0.29, 0.717) is 5.54 Å². The van der Waals surface area contributed by atoms with Crippen LogP contribution in [0.2, 0.25) is 0 Å². The summed E-state index contributed by atoms with van der Waals surface area (Å²) in [6, 6.07) is 1.59. The summed E-state index contributed by atoms with van der Waals surface area (Å²) in [6.45, 7) is 13.5. The molecule has 2 heterocycles. The van der Waals surface area contributed by atoms with Crippen molar-refractivity contribution in [2.75, 3.05) is 19.6 Å². The van der Waals surface area contributed by atoms with Gasteiger partial charge in [0.2, 0.25) is 0 Å². The smallest absolute Gasteiger partial charge is 0.0224 e. The molecule has 2 saturated heterocycles. The summed E-state index contributed by atoms with van der Waals surface area (Å²) >= 11 is 0. The molecule has 94 valence electrons. The highest BCUT2D eigenvalue weighted by atomic mass is 15.3. The van der Waals surface area contributed by atoms with Crippen molar-refractivity contribution >= 4 is 0 Å². The lowest BCUT2D eigenvalue weighted by Gasteiger charge is -2.50. The minimum atomic E-state index is 0.392. The fraction of sp³-hybridized carbons (Fsp3) is 1.00. The van der Waals surface area contributed by atoms with Gasteiger partial charge in [-0.15, -0.1) is 0 Å². The maximum Gasteiger partial charge on any atom is 0.0224 e. The molecule has 2 nitrogen and oxygen atoms in total. The van der Waals surface area contributed by atoms with Gasteiger partial charge in [-0.05, 0) is 46.6 Å². The van der Waals surface area contributed by atoms with Crippen molar-refractivity contribution in [3.63, 3.8) is 0 Å². The molecule has 2 fully saturated rings. The van der Waals surface area contributed by atoms with Crippen molar-refractivity contribution in [2.24, 2.45) is 0 Å². The number of hydrogen-bond acceptors (Lipinski definition) is 2. The van der Waals surface area contributed by atoms with E-state index in [1.807, 2.05) is 0 Å². The summed E-state index contributed by atoms with van der Waals surface area (Å²) in [6.07, 6.45) is 5.46. The summed E-state index contributed by atoms with van der Waals surface area (Å²) in [4.78, 5) is 5.48. The van der Waals surface area contributed by atoms with Gasteiger partial charge < -0.3 is 0 Å². The molecule has 0 aromatic heterocycles. The van der Waals surface area contributed by atoms with Crippen molar-refractivity contribution in [1.29, 1.82) is 0 Å². The zero-order valence-corrected chi connectivity index (χ0v) is 11.5. The molecule has 2 aliphatic rings. The Labute approximate surface area is 101 Å². The Morgan fingerprint density at radius 3 is 2.69 bits per heavy atom. The van der Waals surface area contributed by atoms with E-state index in [4.69, 9.17) is 0 Å². The van der Waals surface area contributed by atoms with Crippen molar-refractivity contribution in [3.05, 3.63) is 0 Å². The van der Waals surface area contributed by atoms with Gasteiger partial charge in [0, 0.05) is 30.7 Å². The molecule has 0 radical (unpaired) electrons. The van der Waals surface area contributed by atoms with Gasteiger partial charge in [0.1, 0.15) is 0 Å². The van der Waals surface area contributed by atoms with Gasteiger partial charge in [-0.2, -0.15) is 0 Å². The molecule has 16 heavy (non-hydrogen) atoms. The topological polar surface area (TPSA) is 6.48 Å². The van der Waals surface area contributed by atoms with Crippen molar-refractivity contribution < 1.29 is 0 Å². The number of fused-ring (bicyclic) bond motifs is 1. The van der Waals surface area contributed by atoms with Gasteiger partial charge in [-0.1, -0.05) is 13.3 Å². The van der Waals surface area contributed by atoms with Gasteiger partial charge in [0.05, 0.1) is 0 Å². The molecule has 2 unspecified atom stereocenters. The molecule has 0 N–H and O–H groups in total. The summed E-state index contributed by atoms with van der Waals surface area (Å²) in [5, 5.41) is 0. The predicted octanol–water partition coefficient (Wildman–Crippen LogP) is 2.73. The molecule has 0 saturated carbocycles. The van der Waals surface area contributed by atoms with Crippen LogP contribution in [0.5, 0.6) is 0 Å². The molecular weight excluding hydrogens is 196 g/mol. The molecule has 0 aromatic carbocycles. The first-order valence-electron chi connectivity index (χ1n) is 7.05. The van der Waals surface area contributed by atoms with E-state index in [-0.39, 0.29) is 0 Å². The van der Waals surface area contributed by atoms with Gasteiger partial charge in [0.15, 0.2) is 0 Å². The third-order valence-electron chi connectivity index (χ3n) is 4.58. The van der Waals surface area contributed by atoms with Crippen LogP contribution in [-0.4, -0.2) is 47.1 Å². The molecule has 0 aromatic rings. The Kier molecular flexibility index (Phi) is 3.60. The van der Waals surface area contributed by atoms with Crippen molar-refractivity contribution in [1.82, 2.24) is 9.80 Å². The Morgan fingerprint density at radius 2 is 2.00 bits per heavy atom. The molecule has 0 spiro atoms. The minimum absolute atomic E-state index is 0.392. The maximum atomic E-state index is 2.77. The molecular formula is C14H28N2. The highest BCUT2D eigenvalue weighted by Crippen LogP contribution is 2.31. The second kappa shape index (κ2) is 4.66. The summed E-state index contributed by atoms with van der Waals surface area (Å²) < 4.78 is 0. The third kappa shape index (κ3) is 2.28. The average molecular weight is 224 g/mol. The predicted molar refractivity (Wildman–Crippen MR) is 69.8 cm³/mol. The number of rotatable bonds is 3. The third-order valence-corrected chi connectivity index (χ3v) is 4.58. The molecule has 2 heteroatoms. The van der Waals surface area contributed by atoms with Gasteiger partial charge in [0.25, 0.3) is 0 Å². The molecule has 0 bridgehead atoms. The van der Waals surface area contributed by atoms with Crippen LogP contribution >= 0.6 is 0 Å². The standard InChI is InChI=1S/C14H28N2/c1-5-8-14(3,4)16-11-13-7-6-9-15(13)10-12(16)2/h12-13H,5-11H2,1-4H3. The van der Waals surface area contributed by atoms with Crippen LogP contribution in [0, 0.1) is 0 Å². The van der Waals surface area contributed by atoms with E-state index < -0.39 is 0 Å². The second-order valence-electron chi connectivity index (χ2n) is 6.35. The highest BCUT2D eigenvalue weighted by Gasteiger charge is 2.39. The summed E-state index contributed by atoms with van der Waals surface area (Å²) in [7, 11) is 0. The summed E-state index contributed by atoms with van der Waals surface area (Å²) in [5.74, 6) is 0. The first kappa shape index (κ1) is 12.4. The van der Waals surface area contributed by atoms with E-state index in [9.17, 15) is 0 Å². The van der Waals surface area contributed by atoms with E-state index in [1.165, 1.54) is 45.3 Å². The van der Waals surface area contributed by atoms with Crippen LogP contribution in [0.4, 0.5) is 0 Å². The maximum absolute atomic E-state index is 2.77. The molecule has 0 aliphatic carbocycles. The van der Waals surface area contributed by atoms with Gasteiger partial charge in [-0.3, -0.25) is 9.80 Å². The average Bonchev–Trinajstić information content (AvgIpc) is 2.63. The fourth-order valence-electron chi connectivity index (χ4n) is 3.79. The van der Waals surface area contributed by atoms with Crippen LogP contribution in [0.1, 0.15) is 53.4 Å². The zero-order chi connectivity index (χ0) is 11.8. The molecule has 0 amide bonds. The quantitative estimate of drug-likeness (QED) is 0.727. The van der Waals surface area contributed by atoms with E-state index in [2.05, 4.69) is 37.5 Å². The van der Waals surface area contributed by atoms with Gasteiger partial charge >= 0.3 is 0 Å². The normalized spacial score (nSPS) is 33.0. The van der Waals surface area contributed by atoms with E-state index in [0.717, 1.165) is 12.1 Å². The fourth-order valence-corrected chi connectivity index (χ4v) is 3.79. The Balaban J connectivity index is 2.04. The minimum Gasteiger partial charge on any atom is -0.298 e. The van der Waals surface area contributed by atoms with Crippen LogP contribution in [0.15, 0.2) is 0 Å². The number of nitrogens with zero attached hydrogens (tertiary/aromatic N) is 2. The summed E-state index contributed by atoms with van der Waals surface area (Å²) in [5.41, 5.74) is 0.392. The first-order valence-corrected chi connectivity index (χ1v) is 7.05. The molecule has 2 aliphatic heterocycles. The zero-order valence-electron chi connectivity index (χ0n) is 11.5. The lowest BCUT2D eigenvalue weighted by atomic mass is 9.92.